The number of anilines is 1. The monoisotopic (exact) mass is 504 g/mol. The molecular formula is C28H33FN6O2. The highest BCUT2D eigenvalue weighted by molar-refractivity contribution is 5.75. The van der Waals surface area contributed by atoms with Gasteiger partial charge in [0.15, 0.2) is 5.82 Å². The summed E-state index contributed by atoms with van der Waals surface area (Å²) in [5.41, 5.74) is 1.68. The van der Waals surface area contributed by atoms with E-state index in [2.05, 4.69) is 44.5 Å². The fourth-order valence-corrected chi connectivity index (χ4v) is 6.55. The van der Waals surface area contributed by atoms with Crippen molar-refractivity contribution in [3.8, 4) is 34.0 Å². The number of hydrogen-bond donors (Lipinski definition) is 2. The molecule has 0 unspecified atom stereocenters. The minimum atomic E-state index is -0.504. The van der Waals surface area contributed by atoms with Crippen molar-refractivity contribution in [1.29, 1.82) is 0 Å². The number of aromatic hydroxyl groups is 1. The van der Waals surface area contributed by atoms with Crippen LogP contribution in [0, 0.1) is 5.82 Å². The first-order chi connectivity index (χ1) is 17.8. The van der Waals surface area contributed by atoms with E-state index in [1.807, 2.05) is 12.1 Å². The van der Waals surface area contributed by atoms with Crippen molar-refractivity contribution in [1.82, 2.24) is 25.7 Å². The summed E-state index contributed by atoms with van der Waals surface area (Å²) < 4.78 is 20.2. The quantitative estimate of drug-likeness (QED) is 0.491. The maximum Gasteiger partial charge on any atom is 0.233 e. The predicted octanol–water partition coefficient (Wildman–Crippen LogP) is 4.88. The molecule has 3 aromatic rings. The number of benzene rings is 1. The summed E-state index contributed by atoms with van der Waals surface area (Å²) in [4.78, 5) is 2.48. The van der Waals surface area contributed by atoms with E-state index in [-0.39, 0.29) is 28.3 Å². The van der Waals surface area contributed by atoms with Crippen LogP contribution in [0.4, 0.5) is 10.2 Å². The van der Waals surface area contributed by atoms with Gasteiger partial charge in [-0.3, -0.25) is 0 Å². The fraction of sp³-hybridized carbons (Fsp3) is 0.500. The molecule has 8 nitrogen and oxygen atoms in total. The average molecular weight is 505 g/mol. The van der Waals surface area contributed by atoms with Gasteiger partial charge in [0.05, 0.1) is 19.0 Å². The lowest BCUT2D eigenvalue weighted by Gasteiger charge is -2.55. The summed E-state index contributed by atoms with van der Waals surface area (Å²) >= 11 is 0. The van der Waals surface area contributed by atoms with Crippen LogP contribution in [0.25, 0.3) is 22.4 Å². The Kier molecular flexibility index (Phi) is 5.78. The molecule has 0 amide bonds. The number of rotatable bonds is 6. The van der Waals surface area contributed by atoms with Crippen molar-refractivity contribution in [2.75, 3.05) is 12.0 Å². The topological polar surface area (TPSA) is 96.3 Å². The molecule has 2 aliphatic heterocycles. The molecule has 2 aromatic heterocycles. The third kappa shape index (κ3) is 4.61. The molecule has 194 valence electrons. The van der Waals surface area contributed by atoms with Crippen molar-refractivity contribution in [2.24, 2.45) is 0 Å². The van der Waals surface area contributed by atoms with E-state index in [4.69, 9.17) is 4.74 Å². The van der Waals surface area contributed by atoms with Gasteiger partial charge in [0.2, 0.25) is 5.88 Å². The number of piperidine rings is 2. The summed E-state index contributed by atoms with van der Waals surface area (Å²) in [5.74, 6) is 0.536. The van der Waals surface area contributed by atoms with Crippen molar-refractivity contribution in [3.05, 3.63) is 42.3 Å². The number of phenolic OH excluding ortho intramolecular Hbond substituents is 1. The van der Waals surface area contributed by atoms with Gasteiger partial charge in [-0.2, -0.15) is 5.10 Å². The summed E-state index contributed by atoms with van der Waals surface area (Å²) in [6.07, 6.45) is 9.61. The molecule has 2 bridgehead atoms. The zero-order valence-electron chi connectivity index (χ0n) is 21.5. The van der Waals surface area contributed by atoms with Crippen molar-refractivity contribution in [2.45, 2.75) is 82.0 Å². The van der Waals surface area contributed by atoms with E-state index in [1.165, 1.54) is 57.5 Å². The molecule has 1 aliphatic carbocycles. The molecular weight excluding hydrogens is 471 g/mol. The maximum absolute atomic E-state index is 15.1. The van der Waals surface area contributed by atoms with E-state index in [9.17, 15) is 5.11 Å². The molecule has 0 radical (unpaired) electrons. The van der Waals surface area contributed by atoms with Crippen LogP contribution in [0.15, 0.2) is 36.5 Å². The first-order valence-corrected chi connectivity index (χ1v) is 13.1. The van der Waals surface area contributed by atoms with Crippen molar-refractivity contribution < 1.29 is 14.2 Å². The van der Waals surface area contributed by atoms with Gasteiger partial charge in [0.25, 0.3) is 0 Å². The van der Waals surface area contributed by atoms with Crippen molar-refractivity contribution >= 4 is 5.82 Å². The molecule has 0 spiro atoms. The van der Waals surface area contributed by atoms with Crippen LogP contribution in [-0.2, 0) is 0 Å². The van der Waals surface area contributed by atoms with Gasteiger partial charge in [0.1, 0.15) is 11.6 Å². The van der Waals surface area contributed by atoms with Crippen LogP contribution in [0.5, 0.6) is 11.6 Å². The van der Waals surface area contributed by atoms with Crippen LogP contribution >= 0.6 is 0 Å². The highest BCUT2D eigenvalue weighted by atomic mass is 19.1. The summed E-state index contributed by atoms with van der Waals surface area (Å²) in [6, 6.07) is 8.92. The Morgan fingerprint density at radius 3 is 2.41 bits per heavy atom. The van der Waals surface area contributed by atoms with E-state index in [0.717, 1.165) is 18.7 Å². The lowest BCUT2D eigenvalue weighted by Crippen LogP contribution is -2.67. The molecule has 2 saturated heterocycles. The SMILES string of the molecule is COc1cc(-c2cc(O)c(-c3ccc(N(C4CC4)[C@@H]4C[C@]5(C)CCC[C@](C)(C4)N5)nn3)cc2F)cnn1. The molecule has 6 rings (SSSR count). The summed E-state index contributed by atoms with van der Waals surface area (Å²) in [6.45, 7) is 4.71. The second-order valence-electron chi connectivity index (χ2n) is 11.4. The Bertz CT molecular complexity index is 1300. The standard InChI is InChI=1S/C28H33FN6O2/c1-27-9-4-10-28(2,34-27)15-19(14-27)35(18-5-6-18)25-8-7-23(31-32-25)21-12-22(29)20(13-24(21)36)17-11-26(37-3)33-30-16-17/h7-8,11-13,16,18-19,34,36H,4-6,9-10,14-15H2,1-3H3/t19-,27+,28-. The van der Waals surface area contributed by atoms with Gasteiger partial charge in [-0.1, -0.05) is 0 Å². The molecule has 37 heavy (non-hydrogen) atoms. The second-order valence-corrected chi connectivity index (χ2v) is 11.4. The average Bonchev–Trinajstić information content (AvgIpc) is 3.70. The van der Waals surface area contributed by atoms with Gasteiger partial charge in [0, 0.05) is 45.9 Å². The van der Waals surface area contributed by atoms with Crippen LogP contribution in [-0.4, -0.2) is 55.8 Å². The number of halogens is 1. The van der Waals surface area contributed by atoms with Crippen molar-refractivity contribution in [3.63, 3.8) is 0 Å². The zero-order chi connectivity index (χ0) is 25.8. The summed E-state index contributed by atoms with van der Waals surface area (Å²) in [5, 5.41) is 31.4. The van der Waals surface area contributed by atoms with Gasteiger partial charge in [-0.25, -0.2) is 4.39 Å². The molecule has 1 aromatic carbocycles. The Balaban J connectivity index is 1.28. The van der Waals surface area contributed by atoms with Gasteiger partial charge < -0.3 is 20.1 Å². The maximum atomic E-state index is 15.1. The van der Waals surface area contributed by atoms with Crippen LogP contribution < -0.4 is 15.0 Å². The Hall–Kier alpha value is -3.33. The minimum absolute atomic E-state index is 0.0830. The number of hydrogen-bond acceptors (Lipinski definition) is 8. The lowest BCUT2D eigenvalue weighted by molar-refractivity contribution is 0.0766. The number of fused-ring (bicyclic) bond motifs is 2. The number of methoxy groups -OCH3 is 1. The Morgan fingerprint density at radius 1 is 1.00 bits per heavy atom. The molecule has 2 N–H and O–H groups in total. The van der Waals surface area contributed by atoms with E-state index in [0.29, 0.717) is 28.9 Å². The molecule has 9 heteroatoms. The highest BCUT2D eigenvalue weighted by Crippen LogP contribution is 2.45. The zero-order valence-corrected chi connectivity index (χ0v) is 21.5. The number of nitrogens with zero attached hydrogens (tertiary/aromatic N) is 5. The third-order valence-electron chi connectivity index (χ3n) is 8.20. The fourth-order valence-electron chi connectivity index (χ4n) is 6.55. The van der Waals surface area contributed by atoms with Crippen LogP contribution in [0.2, 0.25) is 0 Å². The van der Waals surface area contributed by atoms with Gasteiger partial charge >= 0.3 is 0 Å². The summed E-state index contributed by atoms with van der Waals surface area (Å²) in [7, 11) is 1.47. The third-order valence-corrected chi connectivity index (χ3v) is 8.20. The Labute approximate surface area is 216 Å². The highest BCUT2D eigenvalue weighted by Gasteiger charge is 2.49. The molecule has 3 atom stereocenters. The lowest BCUT2D eigenvalue weighted by atomic mass is 9.69. The second kappa shape index (κ2) is 8.90. The van der Waals surface area contributed by atoms with E-state index in [1.54, 1.807) is 6.07 Å². The number of nitrogens with one attached hydrogen (secondary N) is 1. The molecule has 3 fully saturated rings. The van der Waals surface area contributed by atoms with Gasteiger partial charge in [-0.05, 0) is 83.1 Å². The number of ether oxygens (including phenoxy) is 1. The van der Waals surface area contributed by atoms with Gasteiger partial charge in [-0.15, -0.1) is 15.3 Å². The first kappa shape index (κ1) is 24.0. The molecule has 1 saturated carbocycles. The largest absolute Gasteiger partial charge is 0.507 e. The molecule has 3 aliphatic rings. The number of aromatic nitrogens is 4. The smallest absolute Gasteiger partial charge is 0.233 e. The van der Waals surface area contributed by atoms with Crippen LogP contribution in [0.1, 0.15) is 58.8 Å². The predicted molar refractivity (Wildman–Crippen MR) is 139 cm³/mol. The number of phenols is 1. The minimum Gasteiger partial charge on any atom is -0.507 e. The molecule has 4 heterocycles. The van der Waals surface area contributed by atoms with E-state index < -0.39 is 5.82 Å². The first-order valence-electron chi connectivity index (χ1n) is 13.1. The normalized spacial score (nSPS) is 27.1. The Morgan fingerprint density at radius 2 is 1.76 bits per heavy atom. The van der Waals surface area contributed by atoms with E-state index >= 15 is 4.39 Å². The van der Waals surface area contributed by atoms with Crippen LogP contribution in [0.3, 0.4) is 0 Å².